The first-order chi connectivity index (χ1) is 12.0. The van der Waals surface area contributed by atoms with Gasteiger partial charge < -0.3 is 20.1 Å². The zero-order chi connectivity index (χ0) is 18.2. The van der Waals surface area contributed by atoms with E-state index in [9.17, 15) is 9.59 Å². The summed E-state index contributed by atoms with van der Waals surface area (Å²) in [6.07, 6.45) is 1.63. The van der Waals surface area contributed by atoms with Crippen molar-refractivity contribution in [1.82, 2.24) is 0 Å². The van der Waals surface area contributed by atoms with Crippen LogP contribution in [-0.4, -0.2) is 25.5 Å². The van der Waals surface area contributed by atoms with Gasteiger partial charge in [-0.2, -0.15) is 0 Å². The van der Waals surface area contributed by atoms with E-state index in [0.29, 0.717) is 35.0 Å². The Hall–Kier alpha value is -3.28. The lowest BCUT2D eigenvalue weighted by molar-refractivity contribution is -0.114. The summed E-state index contributed by atoms with van der Waals surface area (Å²) in [4.78, 5) is 23.4. The van der Waals surface area contributed by atoms with Gasteiger partial charge in [-0.1, -0.05) is 12.7 Å². The molecular weight excluding hydrogens is 320 g/mol. The summed E-state index contributed by atoms with van der Waals surface area (Å²) in [5.41, 5.74) is 1.72. The van der Waals surface area contributed by atoms with E-state index in [-0.39, 0.29) is 11.8 Å². The average molecular weight is 340 g/mol. The Kier molecular flexibility index (Phi) is 6.17. The highest BCUT2D eigenvalue weighted by Crippen LogP contribution is 2.28. The molecule has 0 fully saturated rings. The fourth-order valence-corrected chi connectivity index (χ4v) is 2.12. The summed E-state index contributed by atoms with van der Waals surface area (Å²) in [5.74, 6) is 0.581. The van der Waals surface area contributed by atoms with Gasteiger partial charge in [-0.25, -0.2) is 0 Å². The predicted molar refractivity (Wildman–Crippen MR) is 97.4 cm³/mol. The lowest BCUT2D eigenvalue weighted by atomic mass is 10.1. The number of benzene rings is 2. The molecule has 2 aromatic carbocycles. The van der Waals surface area contributed by atoms with Crippen LogP contribution in [0, 0.1) is 0 Å². The molecule has 0 aliphatic rings. The highest BCUT2D eigenvalue weighted by molar-refractivity contribution is 6.04. The van der Waals surface area contributed by atoms with Crippen LogP contribution in [0.1, 0.15) is 17.3 Å². The lowest BCUT2D eigenvalue weighted by Gasteiger charge is -2.11. The van der Waals surface area contributed by atoms with Gasteiger partial charge in [0.2, 0.25) is 5.91 Å². The van der Waals surface area contributed by atoms with Crippen molar-refractivity contribution in [2.24, 2.45) is 0 Å². The Morgan fingerprint density at radius 3 is 2.24 bits per heavy atom. The summed E-state index contributed by atoms with van der Waals surface area (Å²) >= 11 is 0. The number of carbonyl (C=O) groups excluding carboxylic acids is 2. The molecule has 2 rings (SSSR count). The van der Waals surface area contributed by atoms with Gasteiger partial charge in [0.15, 0.2) is 11.5 Å². The molecule has 0 atom stereocenters. The Labute approximate surface area is 146 Å². The van der Waals surface area contributed by atoms with Crippen molar-refractivity contribution >= 4 is 23.2 Å². The second-order valence-corrected chi connectivity index (χ2v) is 5.18. The minimum absolute atomic E-state index is 0.150. The van der Waals surface area contributed by atoms with Crippen LogP contribution in [0.2, 0.25) is 0 Å². The van der Waals surface area contributed by atoms with E-state index in [1.807, 2.05) is 0 Å². The molecule has 0 saturated carbocycles. The molecule has 2 N–H and O–H groups in total. The van der Waals surface area contributed by atoms with Gasteiger partial charge >= 0.3 is 0 Å². The second-order valence-electron chi connectivity index (χ2n) is 5.18. The zero-order valence-corrected chi connectivity index (χ0v) is 14.2. The van der Waals surface area contributed by atoms with Gasteiger partial charge in [-0.15, -0.1) is 0 Å². The molecule has 2 amide bonds. The van der Waals surface area contributed by atoms with Crippen LogP contribution < -0.4 is 20.1 Å². The largest absolute Gasteiger partial charge is 0.493 e. The van der Waals surface area contributed by atoms with Crippen LogP contribution >= 0.6 is 0 Å². The summed E-state index contributed by atoms with van der Waals surface area (Å²) in [7, 11) is 1.51. The number of nitrogens with one attached hydrogen (secondary N) is 2. The van der Waals surface area contributed by atoms with Gasteiger partial charge in [0, 0.05) is 23.9 Å². The molecule has 130 valence electrons. The van der Waals surface area contributed by atoms with Crippen molar-refractivity contribution in [3.63, 3.8) is 0 Å². The lowest BCUT2D eigenvalue weighted by Crippen LogP contribution is -2.12. The molecule has 0 aliphatic heterocycles. The molecule has 6 heteroatoms. The first-order valence-electron chi connectivity index (χ1n) is 7.64. The number of ether oxygens (including phenoxy) is 2. The van der Waals surface area contributed by atoms with Gasteiger partial charge in [0.25, 0.3) is 5.91 Å². The fourth-order valence-electron chi connectivity index (χ4n) is 2.12. The van der Waals surface area contributed by atoms with Crippen molar-refractivity contribution in [1.29, 1.82) is 0 Å². The molecule has 0 bridgehead atoms. The highest BCUT2D eigenvalue weighted by atomic mass is 16.5. The predicted octanol–water partition coefficient (Wildman–Crippen LogP) is 3.47. The Morgan fingerprint density at radius 1 is 1.04 bits per heavy atom. The van der Waals surface area contributed by atoms with Crippen LogP contribution in [0.15, 0.2) is 55.1 Å². The van der Waals surface area contributed by atoms with E-state index in [2.05, 4.69) is 17.2 Å². The number of carbonyl (C=O) groups is 2. The quantitative estimate of drug-likeness (QED) is 0.757. The third-order valence-corrected chi connectivity index (χ3v) is 3.25. The van der Waals surface area contributed by atoms with Gasteiger partial charge in [-0.05, 0) is 42.5 Å². The van der Waals surface area contributed by atoms with Crippen LogP contribution in [0.3, 0.4) is 0 Å². The van der Waals surface area contributed by atoms with E-state index in [0.717, 1.165) is 0 Å². The Balaban J connectivity index is 2.09. The minimum Gasteiger partial charge on any atom is -0.493 e. The molecule has 6 nitrogen and oxygen atoms in total. The van der Waals surface area contributed by atoms with Gasteiger partial charge in [-0.3, -0.25) is 9.59 Å². The molecule has 0 saturated heterocycles. The third kappa shape index (κ3) is 5.10. The van der Waals surface area contributed by atoms with E-state index >= 15 is 0 Å². The molecule has 25 heavy (non-hydrogen) atoms. The first kappa shape index (κ1) is 18.1. The van der Waals surface area contributed by atoms with Crippen LogP contribution in [0.5, 0.6) is 11.5 Å². The molecule has 0 aromatic heterocycles. The number of methoxy groups -OCH3 is 1. The van der Waals surface area contributed by atoms with Crippen molar-refractivity contribution in [3.05, 3.63) is 60.7 Å². The molecule has 0 spiro atoms. The summed E-state index contributed by atoms with van der Waals surface area (Å²) in [6.45, 7) is 5.38. The zero-order valence-electron chi connectivity index (χ0n) is 14.2. The van der Waals surface area contributed by atoms with E-state index in [1.54, 1.807) is 48.5 Å². The third-order valence-electron chi connectivity index (χ3n) is 3.25. The van der Waals surface area contributed by atoms with E-state index in [1.165, 1.54) is 14.0 Å². The van der Waals surface area contributed by atoms with Gasteiger partial charge in [0.05, 0.1) is 7.11 Å². The summed E-state index contributed by atoms with van der Waals surface area (Å²) in [6, 6.07) is 11.8. The Morgan fingerprint density at radius 2 is 1.68 bits per heavy atom. The number of hydrogen-bond donors (Lipinski definition) is 2. The van der Waals surface area contributed by atoms with Gasteiger partial charge in [0.1, 0.15) is 6.61 Å². The van der Waals surface area contributed by atoms with E-state index in [4.69, 9.17) is 9.47 Å². The smallest absolute Gasteiger partial charge is 0.255 e. The Bertz CT molecular complexity index is 769. The topological polar surface area (TPSA) is 76.7 Å². The fraction of sp³-hybridized carbons (Fsp3) is 0.158. The molecular formula is C19H20N2O4. The molecule has 2 aromatic rings. The summed E-state index contributed by atoms with van der Waals surface area (Å²) < 4.78 is 10.7. The SMILES string of the molecule is C=CCOc1ccc(C(=O)Nc2ccc(NC(C)=O)cc2)cc1OC. The maximum atomic E-state index is 12.4. The van der Waals surface area contributed by atoms with Crippen LogP contribution in [-0.2, 0) is 4.79 Å². The van der Waals surface area contributed by atoms with Crippen molar-refractivity contribution < 1.29 is 19.1 Å². The van der Waals surface area contributed by atoms with Crippen molar-refractivity contribution in [2.45, 2.75) is 6.92 Å². The van der Waals surface area contributed by atoms with E-state index < -0.39 is 0 Å². The molecule has 0 aliphatic carbocycles. The van der Waals surface area contributed by atoms with Crippen LogP contribution in [0.25, 0.3) is 0 Å². The number of hydrogen-bond acceptors (Lipinski definition) is 4. The normalized spacial score (nSPS) is 9.84. The second kappa shape index (κ2) is 8.54. The number of rotatable bonds is 7. The monoisotopic (exact) mass is 340 g/mol. The average Bonchev–Trinajstić information content (AvgIpc) is 2.61. The standard InChI is InChI=1S/C19H20N2O4/c1-4-11-25-17-10-5-14(12-18(17)24-3)19(23)21-16-8-6-15(7-9-16)20-13(2)22/h4-10,12H,1,11H2,2-3H3,(H,20,22)(H,21,23). The first-order valence-corrected chi connectivity index (χ1v) is 7.64. The maximum Gasteiger partial charge on any atom is 0.255 e. The molecule has 0 radical (unpaired) electrons. The molecule has 0 unspecified atom stereocenters. The maximum absolute atomic E-state index is 12.4. The molecule has 0 heterocycles. The van der Waals surface area contributed by atoms with Crippen molar-refractivity contribution in [3.8, 4) is 11.5 Å². The number of amides is 2. The summed E-state index contributed by atoms with van der Waals surface area (Å²) in [5, 5.41) is 5.45. The van der Waals surface area contributed by atoms with Crippen molar-refractivity contribution in [2.75, 3.05) is 24.4 Å². The number of anilines is 2. The minimum atomic E-state index is -0.277. The highest BCUT2D eigenvalue weighted by Gasteiger charge is 2.11. The van der Waals surface area contributed by atoms with Crippen LogP contribution in [0.4, 0.5) is 11.4 Å².